The third-order valence-electron chi connectivity index (χ3n) is 4.57. The molecule has 2 atom stereocenters. The van der Waals surface area contributed by atoms with Gasteiger partial charge < -0.3 is 15.3 Å². The van der Waals surface area contributed by atoms with Crippen molar-refractivity contribution < 1.29 is 19.1 Å². The van der Waals surface area contributed by atoms with E-state index in [2.05, 4.69) is 5.32 Å². The highest BCUT2D eigenvalue weighted by atomic mass is 19.1. The van der Waals surface area contributed by atoms with Crippen molar-refractivity contribution in [3.8, 4) is 0 Å². The molecule has 140 valence electrons. The molecular formula is C21H21FN2O3. The predicted octanol–water partition coefficient (Wildman–Crippen LogP) is 2.94. The lowest BCUT2D eigenvalue weighted by atomic mass is 9.93. The number of aliphatic hydroxyl groups excluding tert-OH is 1. The molecule has 2 N–H and O–H groups in total. The summed E-state index contributed by atoms with van der Waals surface area (Å²) < 4.78 is 13.3. The number of aliphatic hydroxyl groups is 1. The highest BCUT2D eigenvalue weighted by Crippen LogP contribution is 2.32. The van der Waals surface area contributed by atoms with Crippen LogP contribution in [0.2, 0.25) is 0 Å². The standard InChI is InChI=1S/C21H21FN2O3/c1-14(25)24-10-9-15-5-2-3-8-18(15)19(24)12-21(27)23-13-20(26)16-6-4-7-17(22)11-16/h2-11,19-20,26H,12-13H2,1H3,(H,23,27). The molecule has 1 heterocycles. The van der Waals surface area contributed by atoms with Crippen LogP contribution in [0.1, 0.15) is 42.2 Å². The van der Waals surface area contributed by atoms with Gasteiger partial charge in [-0.15, -0.1) is 0 Å². The van der Waals surface area contributed by atoms with Crippen LogP contribution in [0, 0.1) is 5.82 Å². The first-order chi connectivity index (χ1) is 13.0. The van der Waals surface area contributed by atoms with Crippen LogP contribution in [0.5, 0.6) is 0 Å². The molecule has 2 aromatic rings. The molecule has 0 aromatic heterocycles. The molecule has 6 heteroatoms. The minimum absolute atomic E-state index is 0.0352. The molecule has 0 saturated heterocycles. The number of halogens is 1. The van der Waals surface area contributed by atoms with Gasteiger partial charge >= 0.3 is 0 Å². The van der Waals surface area contributed by atoms with Crippen LogP contribution in [0.25, 0.3) is 6.08 Å². The molecule has 0 bridgehead atoms. The zero-order chi connectivity index (χ0) is 19.4. The Balaban J connectivity index is 1.67. The number of amides is 2. The molecule has 0 aliphatic carbocycles. The van der Waals surface area contributed by atoms with Crippen LogP contribution < -0.4 is 5.32 Å². The summed E-state index contributed by atoms with van der Waals surface area (Å²) in [4.78, 5) is 25.9. The fraction of sp³-hybridized carbons (Fsp3) is 0.238. The summed E-state index contributed by atoms with van der Waals surface area (Å²) in [5, 5.41) is 12.8. The van der Waals surface area contributed by atoms with Crippen LogP contribution in [0.15, 0.2) is 54.7 Å². The molecule has 27 heavy (non-hydrogen) atoms. The van der Waals surface area contributed by atoms with Crippen molar-refractivity contribution in [3.63, 3.8) is 0 Å². The van der Waals surface area contributed by atoms with E-state index < -0.39 is 18.0 Å². The van der Waals surface area contributed by atoms with Crippen LogP contribution >= 0.6 is 0 Å². The van der Waals surface area contributed by atoms with Crippen LogP contribution in [0.4, 0.5) is 4.39 Å². The van der Waals surface area contributed by atoms with E-state index in [4.69, 9.17) is 0 Å². The summed E-state index contributed by atoms with van der Waals surface area (Å²) in [5.74, 6) is -0.897. The minimum atomic E-state index is -1.01. The van der Waals surface area contributed by atoms with Gasteiger partial charge in [0.05, 0.1) is 18.6 Å². The monoisotopic (exact) mass is 368 g/mol. The second-order valence-electron chi connectivity index (χ2n) is 6.47. The van der Waals surface area contributed by atoms with Crippen LogP contribution in [-0.4, -0.2) is 28.4 Å². The maximum absolute atomic E-state index is 13.3. The molecule has 2 aromatic carbocycles. The van der Waals surface area contributed by atoms with E-state index in [0.717, 1.165) is 11.1 Å². The van der Waals surface area contributed by atoms with Crippen molar-refractivity contribution in [1.29, 1.82) is 0 Å². The first-order valence-corrected chi connectivity index (χ1v) is 8.72. The van der Waals surface area contributed by atoms with E-state index >= 15 is 0 Å². The fourth-order valence-corrected chi connectivity index (χ4v) is 3.20. The van der Waals surface area contributed by atoms with Crippen molar-refractivity contribution in [2.75, 3.05) is 6.54 Å². The van der Waals surface area contributed by atoms with Gasteiger partial charge in [-0.25, -0.2) is 4.39 Å². The van der Waals surface area contributed by atoms with Crippen molar-refractivity contribution in [2.24, 2.45) is 0 Å². The van der Waals surface area contributed by atoms with E-state index in [0.29, 0.717) is 5.56 Å². The Morgan fingerprint density at radius 1 is 1.22 bits per heavy atom. The highest BCUT2D eigenvalue weighted by Gasteiger charge is 2.28. The van der Waals surface area contributed by atoms with E-state index in [1.165, 1.54) is 30.0 Å². The molecule has 0 radical (unpaired) electrons. The van der Waals surface area contributed by atoms with Gasteiger partial charge in [0, 0.05) is 19.7 Å². The molecule has 2 unspecified atom stereocenters. The Kier molecular flexibility index (Phi) is 5.66. The molecule has 3 rings (SSSR count). The molecule has 1 aliphatic heterocycles. The lowest BCUT2D eigenvalue weighted by molar-refractivity contribution is -0.130. The number of carbonyl (C=O) groups is 2. The largest absolute Gasteiger partial charge is 0.387 e. The van der Waals surface area contributed by atoms with Crippen molar-refractivity contribution in [3.05, 3.63) is 77.2 Å². The number of benzene rings is 2. The summed E-state index contributed by atoms with van der Waals surface area (Å²) in [7, 11) is 0. The van der Waals surface area contributed by atoms with Gasteiger partial charge in [0.1, 0.15) is 5.82 Å². The smallest absolute Gasteiger partial charge is 0.223 e. The summed E-state index contributed by atoms with van der Waals surface area (Å²) in [6, 6.07) is 12.8. The lowest BCUT2D eigenvalue weighted by Gasteiger charge is -2.32. The second-order valence-corrected chi connectivity index (χ2v) is 6.47. The van der Waals surface area contributed by atoms with Gasteiger partial charge in [0.15, 0.2) is 0 Å². The predicted molar refractivity (Wildman–Crippen MR) is 99.7 cm³/mol. The van der Waals surface area contributed by atoms with Gasteiger partial charge in [0.25, 0.3) is 0 Å². The maximum atomic E-state index is 13.3. The van der Waals surface area contributed by atoms with Crippen molar-refractivity contribution in [1.82, 2.24) is 10.2 Å². The lowest BCUT2D eigenvalue weighted by Crippen LogP contribution is -2.36. The normalized spacial score (nSPS) is 16.6. The van der Waals surface area contributed by atoms with Gasteiger partial charge in [-0.3, -0.25) is 9.59 Å². The Labute approximate surface area is 157 Å². The Morgan fingerprint density at radius 3 is 2.74 bits per heavy atom. The zero-order valence-corrected chi connectivity index (χ0v) is 14.9. The quantitative estimate of drug-likeness (QED) is 0.853. The molecule has 0 saturated carbocycles. The SMILES string of the molecule is CC(=O)N1C=Cc2ccccc2C1CC(=O)NCC(O)c1cccc(F)c1. The molecular weight excluding hydrogens is 347 g/mol. The van der Waals surface area contributed by atoms with Gasteiger partial charge in [-0.05, 0) is 34.9 Å². The Morgan fingerprint density at radius 2 is 2.00 bits per heavy atom. The van der Waals surface area contributed by atoms with E-state index in [-0.39, 0.29) is 24.8 Å². The number of carbonyl (C=O) groups excluding carboxylic acids is 2. The third kappa shape index (κ3) is 4.41. The van der Waals surface area contributed by atoms with Gasteiger partial charge in [-0.1, -0.05) is 36.4 Å². The number of fused-ring (bicyclic) bond motifs is 1. The zero-order valence-electron chi connectivity index (χ0n) is 14.9. The average Bonchev–Trinajstić information content (AvgIpc) is 2.66. The number of nitrogens with zero attached hydrogens (tertiary/aromatic N) is 1. The average molecular weight is 368 g/mol. The third-order valence-corrected chi connectivity index (χ3v) is 4.57. The van der Waals surface area contributed by atoms with E-state index in [1.807, 2.05) is 30.3 Å². The summed E-state index contributed by atoms with van der Waals surface area (Å²) in [5.41, 5.74) is 2.26. The van der Waals surface area contributed by atoms with Crippen molar-refractivity contribution in [2.45, 2.75) is 25.5 Å². The molecule has 5 nitrogen and oxygen atoms in total. The number of hydrogen-bond acceptors (Lipinski definition) is 3. The number of nitrogens with one attached hydrogen (secondary N) is 1. The summed E-state index contributed by atoms with van der Waals surface area (Å²) in [6.45, 7) is 1.42. The Hall–Kier alpha value is -2.99. The Bertz CT molecular complexity index is 881. The first-order valence-electron chi connectivity index (χ1n) is 8.72. The van der Waals surface area contributed by atoms with Gasteiger partial charge in [-0.2, -0.15) is 0 Å². The maximum Gasteiger partial charge on any atom is 0.223 e. The van der Waals surface area contributed by atoms with Crippen LogP contribution in [-0.2, 0) is 9.59 Å². The minimum Gasteiger partial charge on any atom is -0.387 e. The summed E-state index contributed by atoms with van der Waals surface area (Å²) in [6.07, 6.45) is 2.59. The molecule has 1 aliphatic rings. The first kappa shape index (κ1) is 18.8. The van der Waals surface area contributed by atoms with E-state index in [1.54, 1.807) is 12.3 Å². The van der Waals surface area contributed by atoms with E-state index in [9.17, 15) is 19.1 Å². The molecule has 0 spiro atoms. The molecule has 2 amide bonds. The molecule has 0 fully saturated rings. The van der Waals surface area contributed by atoms with Crippen LogP contribution in [0.3, 0.4) is 0 Å². The number of hydrogen-bond donors (Lipinski definition) is 2. The number of rotatable bonds is 5. The topological polar surface area (TPSA) is 69.6 Å². The fourth-order valence-electron chi connectivity index (χ4n) is 3.20. The summed E-state index contributed by atoms with van der Waals surface area (Å²) >= 11 is 0. The second kappa shape index (κ2) is 8.14. The van der Waals surface area contributed by atoms with Gasteiger partial charge in [0.2, 0.25) is 11.8 Å². The van der Waals surface area contributed by atoms with Crippen molar-refractivity contribution >= 4 is 17.9 Å². The highest BCUT2D eigenvalue weighted by molar-refractivity contribution is 5.81.